The molecule has 3 aromatic heterocycles. The van der Waals surface area contributed by atoms with Gasteiger partial charge in [0.15, 0.2) is 0 Å². The maximum atomic E-state index is 13.4. The van der Waals surface area contributed by atoms with Crippen LogP contribution in [0.3, 0.4) is 0 Å². The van der Waals surface area contributed by atoms with Gasteiger partial charge in [-0.2, -0.15) is 0 Å². The average molecular weight is 1030 g/mol. The zero-order chi connectivity index (χ0) is 34.1. The number of pyridine rings is 3. The third kappa shape index (κ3) is 15.2. The molecule has 0 saturated heterocycles. The molecule has 0 aliphatic heterocycles. The molecule has 0 atom stereocenters. The second-order valence-electron chi connectivity index (χ2n) is 10.7. The number of allylic oxidation sites excluding steroid dienone is 6. The minimum Gasteiger partial charge on any atom is -0.512 e. The van der Waals surface area contributed by atoms with Crippen LogP contribution in [0.1, 0.15) is 63.8 Å². The fraction of sp³-hybridized carbons (Fsp3) is 0.263. The SMILES string of the molecule is CC(=[OH+])C=C(C)O.FC1(F)CCCC=C1c1ccccn1.FC1(F)CCC[C-]=C1c1ccccn1.[Ir].[Ir].[c-]1ccccc1-c1ccccn1. The predicted octanol–water partition coefficient (Wildman–Crippen LogP) is 9.93. The molecule has 0 amide bonds. The summed E-state index contributed by atoms with van der Waals surface area (Å²) in [4.78, 5) is 20.5. The first-order chi connectivity index (χ1) is 22.5. The van der Waals surface area contributed by atoms with E-state index in [-0.39, 0.29) is 75.7 Å². The number of ketones is 1. The minimum absolute atomic E-state index is 0. The Morgan fingerprint density at radius 3 is 1.76 bits per heavy atom. The molecule has 3 heterocycles. The summed E-state index contributed by atoms with van der Waals surface area (Å²) >= 11 is 0. The fourth-order valence-corrected chi connectivity index (χ4v) is 4.61. The summed E-state index contributed by atoms with van der Waals surface area (Å²) in [5.74, 6) is -5.21. The van der Waals surface area contributed by atoms with Gasteiger partial charge in [-0.1, -0.05) is 42.5 Å². The molecule has 0 spiro atoms. The third-order valence-electron chi connectivity index (χ3n) is 6.70. The first-order valence-electron chi connectivity index (χ1n) is 15.2. The number of carbonyl (C=O) groups excluding carboxylic acids is 1. The van der Waals surface area contributed by atoms with Gasteiger partial charge in [0.25, 0.3) is 5.92 Å². The van der Waals surface area contributed by atoms with E-state index in [1.165, 1.54) is 26.1 Å². The molecule has 5 nitrogen and oxygen atoms in total. The minimum atomic E-state index is -2.76. The van der Waals surface area contributed by atoms with Crippen LogP contribution >= 0.6 is 0 Å². The van der Waals surface area contributed by atoms with Crippen molar-refractivity contribution in [3.05, 3.63) is 139 Å². The van der Waals surface area contributed by atoms with E-state index in [2.05, 4.69) is 27.1 Å². The van der Waals surface area contributed by atoms with Crippen LogP contribution in [0, 0.1) is 12.1 Å². The van der Waals surface area contributed by atoms with Crippen molar-refractivity contribution in [2.75, 3.05) is 0 Å². The molecule has 6 rings (SSSR count). The fourth-order valence-electron chi connectivity index (χ4n) is 4.61. The second kappa shape index (κ2) is 22.2. The first kappa shape index (κ1) is 43.4. The van der Waals surface area contributed by atoms with Gasteiger partial charge in [-0.05, 0) is 49.7 Å². The van der Waals surface area contributed by atoms with Crippen molar-refractivity contribution in [2.24, 2.45) is 0 Å². The quantitative estimate of drug-likeness (QED) is 0.0727. The Kier molecular flexibility index (Phi) is 19.6. The van der Waals surface area contributed by atoms with Crippen molar-refractivity contribution < 1.29 is 67.7 Å². The van der Waals surface area contributed by atoms with E-state index in [9.17, 15) is 17.6 Å². The van der Waals surface area contributed by atoms with Crippen molar-refractivity contribution in [2.45, 2.75) is 64.2 Å². The molecule has 0 unspecified atom stereocenters. The van der Waals surface area contributed by atoms with E-state index >= 15 is 0 Å². The van der Waals surface area contributed by atoms with Gasteiger partial charge in [0.05, 0.1) is 24.5 Å². The number of hydrogen-bond donors (Lipinski definition) is 1. The number of aliphatic hydroxyl groups is 1. The van der Waals surface area contributed by atoms with Crippen molar-refractivity contribution in [3.8, 4) is 11.3 Å². The molecular formula is C38H38F4Ir2N3O2-. The van der Waals surface area contributed by atoms with Crippen molar-refractivity contribution in [1.29, 1.82) is 0 Å². The molecule has 2 N–H and O–H groups in total. The van der Waals surface area contributed by atoms with Crippen LogP contribution < -0.4 is 0 Å². The van der Waals surface area contributed by atoms with Crippen LogP contribution in [0.15, 0.2) is 115 Å². The molecule has 0 fully saturated rings. The molecule has 0 saturated carbocycles. The van der Waals surface area contributed by atoms with Gasteiger partial charge >= 0.3 is 5.78 Å². The summed E-state index contributed by atoms with van der Waals surface area (Å²) in [5, 5.41) is 8.40. The Bertz CT molecular complexity index is 1510. The van der Waals surface area contributed by atoms with Gasteiger partial charge in [-0.15, -0.1) is 54.0 Å². The van der Waals surface area contributed by atoms with Crippen LogP contribution in [-0.2, 0) is 40.2 Å². The van der Waals surface area contributed by atoms with Crippen LogP contribution in [0.2, 0.25) is 0 Å². The Morgan fingerprint density at radius 1 is 0.755 bits per heavy atom. The van der Waals surface area contributed by atoms with Gasteiger partial charge in [-0.3, -0.25) is 15.9 Å². The molecular weight excluding hydrogens is 991 g/mol. The summed E-state index contributed by atoms with van der Waals surface area (Å²) in [6, 6.07) is 26.9. The van der Waals surface area contributed by atoms with Crippen molar-refractivity contribution >= 4 is 16.9 Å². The Balaban J connectivity index is 0.000000331. The Hall–Kier alpha value is -3.62. The van der Waals surface area contributed by atoms with Crippen molar-refractivity contribution in [3.63, 3.8) is 0 Å². The van der Waals surface area contributed by atoms with Crippen LogP contribution in [0.5, 0.6) is 0 Å². The number of benzene rings is 1. The monoisotopic (exact) mass is 1030 g/mol. The third-order valence-corrected chi connectivity index (χ3v) is 6.70. The molecule has 2 radical (unpaired) electrons. The van der Waals surface area contributed by atoms with E-state index in [0.29, 0.717) is 30.7 Å². The van der Waals surface area contributed by atoms with Crippen LogP contribution in [0.4, 0.5) is 17.6 Å². The topological polar surface area (TPSA) is 80.3 Å². The normalized spacial score (nSPS) is 15.6. The maximum absolute atomic E-state index is 13.4. The van der Waals surface area contributed by atoms with E-state index in [1.807, 2.05) is 42.5 Å². The van der Waals surface area contributed by atoms with E-state index < -0.39 is 11.8 Å². The zero-order valence-corrected chi connectivity index (χ0v) is 31.8. The summed E-state index contributed by atoms with van der Waals surface area (Å²) in [5.41, 5.74) is 2.80. The number of alkyl halides is 4. The number of aliphatic hydroxyl groups excluding tert-OH is 1. The molecule has 49 heavy (non-hydrogen) atoms. The average Bonchev–Trinajstić information content (AvgIpc) is 3.06. The molecule has 4 aromatic rings. The number of halogens is 4. The number of nitrogens with zero attached hydrogens (tertiary/aromatic N) is 3. The molecule has 1 aromatic carbocycles. The van der Waals surface area contributed by atoms with Gasteiger partial charge in [0.1, 0.15) is 0 Å². The number of aromatic nitrogens is 3. The number of rotatable bonds is 4. The maximum Gasteiger partial charge on any atom is 0.316 e. The van der Waals surface area contributed by atoms with E-state index in [0.717, 1.165) is 17.7 Å². The first-order valence-corrected chi connectivity index (χ1v) is 15.2. The van der Waals surface area contributed by atoms with E-state index in [1.54, 1.807) is 54.9 Å². The summed E-state index contributed by atoms with van der Waals surface area (Å²) in [7, 11) is 0. The zero-order valence-electron chi connectivity index (χ0n) is 27.0. The number of hydrogen-bond acceptors (Lipinski definition) is 4. The molecule has 11 heteroatoms. The van der Waals surface area contributed by atoms with Gasteiger partial charge in [0, 0.05) is 77.2 Å². The standard InChI is InChI=1S/C11H11F2N.C11H10F2N.C11H8N.C5H8O2.2Ir/c2*12-11(13)7-3-1-5-9(11)10-6-2-4-8-14-10;1-2-6-10(7-3-1)11-8-4-5-9-12-11;1-4(6)3-5(2)7;;/h2,4-6,8H,1,3,7H2;2,4,6,8H,1,3,7H2;1-6,8-9H;3,6H,1-2H3;;/q;2*-1;;;/p+1. The summed E-state index contributed by atoms with van der Waals surface area (Å²) in [6.45, 7) is 3.00. The smallest absolute Gasteiger partial charge is 0.316 e. The van der Waals surface area contributed by atoms with Gasteiger partial charge in [0.2, 0.25) is 5.92 Å². The van der Waals surface area contributed by atoms with Crippen LogP contribution in [-0.4, -0.2) is 42.5 Å². The van der Waals surface area contributed by atoms with E-state index in [4.69, 9.17) is 9.90 Å². The second-order valence-corrected chi connectivity index (χ2v) is 10.7. The molecule has 0 bridgehead atoms. The Labute approximate surface area is 312 Å². The van der Waals surface area contributed by atoms with Gasteiger partial charge < -0.3 is 15.1 Å². The summed E-state index contributed by atoms with van der Waals surface area (Å²) < 4.78 is 53.7. The molecule has 2 aliphatic rings. The van der Waals surface area contributed by atoms with Gasteiger partial charge in [-0.25, -0.2) is 17.6 Å². The Morgan fingerprint density at radius 2 is 1.31 bits per heavy atom. The molecule has 264 valence electrons. The summed E-state index contributed by atoms with van der Waals surface area (Å²) in [6.07, 6.45) is 12.7. The molecule has 2 aliphatic carbocycles. The predicted molar refractivity (Wildman–Crippen MR) is 178 cm³/mol. The van der Waals surface area contributed by atoms with Crippen molar-refractivity contribution in [1.82, 2.24) is 15.0 Å². The largest absolute Gasteiger partial charge is 0.512 e. The van der Waals surface area contributed by atoms with Crippen LogP contribution in [0.25, 0.3) is 22.4 Å².